The fraction of sp³-hybridized carbons (Fsp3) is 0.600. The van der Waals surface area contributed by atoms with E-state index in [4.69, 9.17) is 0 Å². The fourth-order valence-electron chi connectivity index (χ4n) is 2.66. The smallest absolute Gasteiger partial charge is 0.0411 e. The first-order chi connectivity index (χ1) is 8.16. The van der Waals surface area contributed by atoms with Gasteiger partial charge >= 0.3 is 0 Å². The van der Waals surface area contributed by atoms with Gasteiger partial charge in [-0.25, -0.2) is 0 Å². The molecule has 1 aliphatic carbocycles. The Balaban J connectivity index is 2.07. The Morgan fingerprint density at radius 2 is 1.82 bits per heavy atom. The predicted molar refractivity (Wildman–Crippen MR) is 76.0 cm³/mol. The van der Waals surface area contributed by atoms with Gasteiger partial charge < -0.3 is 10.2 Å². The van der Waals surface area contributed by atoms with Crippen LogP contribution in [0.5, 0.6) is 0 Å². The van der Waals surface area contributed by atoms with Crippen LogP contribution >= 0.6 is 0 Å². The van der Waals surface area contributed by atoms with Crippen molar-refractivity contribution in [2.75, 3.05) is 24.3 Å². The van der Waals surface area contributed by atoms with Gasteiger partial charge in [0.25, 0.3) is 0 Å². The van der Waals surface area contributed by atoms with Gasteiger partial charge in [-0.2, -0.15) is 0 Å². The zero-order chi connectivity index (χ0) is 12.3. The van der Waals surface area contributed by atoms with Crippen LogP contribution in [0.25, 0.3) is 0 Å². The number of rotatable bonds is 3. The molecule has 1 aliphatic rings. The van der Waals surface area contributed by atoms with Crippen molar-refractivity contribution in [1.82, 2.24) is 0 Å². The molecule has 0 radical (unpaired) electrons. The number of nitrogens with one attached hydrogen (secondary N) is 1. The summed E-state index contributed by atoms with van der Waals surface area (Å²) in [6.45, 7) is 2.17. The van der Waals surface area contributed by atoms with E-state index >= 15 is 0 Å². The highest BCUT2D eigenvalue weighted by Crippen LogP contribution is 2.26. The van der Waals surface area contributed by atoms with Gasteiger partial charge in [0.1, 0.15) is 0 Å². The minimum atomic E-state index is 0.682. The Bertz CT molecular complexity index is 365. The van der Waals surface area contributed by atoms with E-state index in [1.807, 2.05) is 0 Å². The molecule has 0 spiro atoms. The lowest BCUT2D eigenvalue weighted by Crippen LogP contribution is -2.22. The summed E-state index contributed by atoms with van der Waals surface area (Å²) in [6.07, 6.45) is 6.82. The van der Waals surface area contributed by atoms with Gasteiger partial charge in [0.15, 0.2) is 0 Å². The highest BCUT2D eigenvalue weighted by atomic mass is 15.1. The van der Waals surface area contributed by atoms with Crippen LogP contribution in [0.4, 0.5) is 11.4 Å². The third-order valence-corrected chi connectivity index (χ3v) is 3.67. The molecule has 0 atom stereocenters. The van der Waals surface area contributed by atoms with Gasteiger partial charge in [0.2, 0.25) is 0 Å². The highest BCUT2D eigenvalue weighted by Gasteiger charge is 2.13. The van der Waals surface area contributed by atoms with E-state index in [0.717, 1.165) is 0 Å². The lowest BCUT2D eigenvalue weighted by Gasteiger charge is -2.25. The van der Waals surface area contributed by atoms with Crippen LogP contribution in [0.1, 0.15) is 37.7 Å². The summed E-state index contributed by atoms with van der Waals surface area (Å²) in [5.41, 5.74) is 3.92. The number of nitrogens with zero attached hydrogens (tertiary/aromatic N) is 1. The van der Waals surface area contributed by atoms with Crippen molar-refractivity contribution in [3.05, 3.63) is 23.8 Å². The standard InChI is InChI=1S/C15H24N2/c1-12-9-10-14(11-15(12)17(2)3)16-13-7-5-4-6-8-13/h9-11,13,16H,4-8H2,1-3H3. The molecule has 0 amide bonds. The van der Waals surface area contributed by atoms with Crippen molar-refractivity contribution in [2.24, 2.45) is 0 Å². The number of aryl methyl sites for hydroxylation is 1. The summed E-state index contributed by atoms with van der Waals surface area (Å²) < 4.78 is 0. The van der Waals surface area contributed by atoms with Crippen LogP contribution in [0.15, 0.2) is 18.2 Å². The molecule has 17 heavy (non-hydrogen) atoms. The van der Waals surface area contributed by atoms with Crippen LogP contribution in [0.2, 0.25) is 0 Å². The molecule has 1 N–H and O–H groups in total. The van der Waals surface area contributed by atoms with Gasteiger partial charge in [-0.3, -0.25) is 0 Å². The summed E-state index contributed by atoms with van der Waals surface area (Å²) >= 11 is 0. The summed E-state index contributed by atoms with van der Waals surface area (Å²) in [5.74, 6) is 0. The summed E-state index contributed by atoms with van der Waals surface area (Å²) in [5, 5.41) is 3.68. The molecule has 1 fully saturated rings. The van der Waals surface area contributed by atoms with Gasteiger partial charge in [-0.1, -0.05) is 25.3 Å². The first-order valence-electron chi connectivity index (χ1n) is 6.71. The number of benzene rings is 1. The third kappa shape index (κ3) is 3.15. The molecule has 0 unspecified atom stereocenters. The second-order valence-electron chi connectivity index (χ2n) is 5.37. The first kappa shape index (κ1) is 12.3. The zero-order valence-corrected chi connectivity index (χ0v) is 11.3. The van der Waals surface area contributed by atoms with E-state index in [1.165, 1.54) is 49.0 Å². The van der Waals surface area contributed by atoms with E-state index in [-0.39, 0.29) is 0 Å². The van der Waals surface area contributed by atoms with Crippen molar-refractivity contribution in [3.8, 4) is 0 Å². The minimum absolute atomic E-state index is 0.682. The van der Waals surface area contributed by atoms with Crippen molar-refractivity contribution >= 4 is 11.4 Å². The Kier molecular flexibility index (Phi) is 3.93. The van der Waals surface area contributed by atoms with Gasteiger partial charge in [-0.15, -0.1) is 0 Å². The molecule has 1 aromatic rings. The predicted octanol–water partition coefficient (Wildman–Crippen LogP) is 3.81. The summed E-state index contributed by atoms with van der Waals surface area (Å²) in [7, 11) is 4.21. The van der Waals surface area contributed by atoms with Crippen LogP contribution in [-0.4, -0.2) is 20.1 Å². The topological polar surface area (TPSA) is 15.3 Å². The van der Waals surface area contributed by atoms with Gasteiger partial charge in [0.05, 0.1) is 0 Å². The third-order valence-electron chi connectivity index (χ3n) is 3.67. The molecule has 0 aliphatic heterocycles. The Morgan fingerprint density at radius 3 is 2.47 bits per heavy atom. The van der Waals surface area contributed by atoms with E-state index in [0.29, 0.717) is 6.04 Å². The van der Waals surface area contributed by atoms with Crippen molar-refractivity contribution in [2.45, 2.75) is 45.1 Å². The van der Waals surface area contributed by atoms with Gasteiger partial charge in [-0.05, 0) is 37.5 Å². The first-order valence-corrected chi connectivity index (χ1v) is 6.71. The Hall–Kier alpha value is -1.18. The second kappa shape index (κ2) is 5.44. The maximum atomic E-state index is 3.68. The van der Waals surface area contributed by atoms with E-state index < -0.39 is 0 Å². The molecule has 94 valence electrons. The molecule has 2 heteroatoms. The van der Waals surface area contributed by atoms with E-state index in [1.54, 1.807) is 0 Å². The molecule has 0 heterocycles. The SMILES string of the molecule is Cc1ccc(NC2CCCCC2)cc1N(C)C. The molecule has 2 nitrogen and oxygen atoms in total. The molecule has 1 saturated carbocycles. The monoisotopic (exact) mass is 232 g/mol. The maximum Gasteiger partial charge on any atom is 0.0411 e. The molecule has 0 bridgehead atoms. The van der Waals surface area contributed by atoms with Crippen molar-refractivity contribution in [3.63, 3.8) is 0 Å². The zero-order valence-electron chi connectivity index (χ0n) is 11.3. The Labute approximate surface area is 105 Å². The van der Waals surface area contributed by atoms with Crippen LogP contribution in [0.3, 0.4) is 0 Å². The molecular weight excluding hydrogens is 208 g/mol. The average molecular weight is 232 g/mol. The van der Waals surface area contributed by atoms with Crippen molar-refractivity contribution in [1.29, 1.82) is 0 Å². The number of hydrogen-bond acceptors (Lipinski definition) is 2. The van der Waals surface area contributed by atoms with E-state index in [9.17, 15) is 0 Å². The van der Waals surface area contributed by atoms with Crippen LogP contribution in [0, 0.1) is 6.92 Å². The minimum Gasteiger partial charge on any atom is -0.382 e. The number of anilines is 2. The van der Waals surface area contributed by atoms with Crippen LogP contribution in [-0.2, 0) is 0 Å². The lowest BCUT2D eigenvalue weighted by atomic mass is 9.95. The largest absolute Gasteiger partial charge is 0.382 e. The summed E-state index contributed by atoms with van der Waals surface area (Å²) in [6, 6.07) is 7.36. The molecule has 0 saturated heterocycles. The maximum absolute atomic E-state index is 3.68. The normalized spacial score (nSPS) is 16.9. The van der Waals surface area contributed by atoms with Crippen molar-refractivity contribution < 1.29 is 0 Å². The van der Waals surface area contributed by atoms with Gasteiger partial charge in [0, 0.05) is 31.5 Å². The quantitative estimate of drug-likeness (QED) is 0.852. The molecule has 1 aromatic carbocycles. The molecule has 0 aromatic heterocycles. The molecule has 2 rings (SSSR count). The summed E-state index contributed by atoms with van der Waals surface area (Å²) in [4.78, 5) is 2.18. The second-order valence-corrected chi connectivity index (χ2v) is 5.37. The Morgan fingerprint density at radius 1 is 1.12 bits per heavy atom. The average Bonchev–Trinajstić information content (AvgIpc) is 2.32. The molecular formula is C15H24N2. The van der Waals surface area contributed by atoms with Crippen LogP contribution < -0.4 is 10.2 Å². The van der Waals surface area contributed by atoms with E-state index in [2.05, 4.69) is 49.4 Å². The number of hydrogen-bond donors (Lipinski definition) is 1. The lowest BCUT2D eigenvalue weighted by molar-refractivity contribution is 0.463. The fourth-order valence-corrected chi connectivity index (χ4v) is 2.66. The highest BCUT2D eigenvalue weighted by molar-refractivity contribution is 5.62.